The molecule has 1 aliphatic heterocycles. The highest BCUT2D eigenvalue weighted by molar-refractivity contribution is 5.34. The predicted molar refractivity (Wildman–Crippen MR) is 80.1 cm³/mol. The second-order valence-corrected chi connectivity index (χ2v) is 5.24. The molecule has 3 heterocycles. The molecule has 1 fully saturated rings. The molecule has 1 aliphatic rings. The largest absolute Gasteiger partial charge is 0.368 e. The van der Waals surface area contributed by atoms with Gasteiger partial charge in [-0.05, 0) is 38.9 Å². The first kappa shape index (κ1) is 13.7. The zero-order valence-electron chi connectivity index (χ0n) is 12.1. The molecule has 2 aromatic rings. The van der Waals surface area contributed by atoms with Gasteiger partial charge in [-0.2, -0.15) is 20.1 Å². The lowest BCUT2D eigenvalue weighted by atomic mass is 10.3. The van der Waals surface area contributed by atoms with E-state index in [-0.39, 0.29) is 5.95 Å². The Kier molecular flexibility index (Phi) is 3.96. The Hall–Kier alpha value is -2.22. The lowest BCUT2D eigenvalue weighted by Crippen LogP contribution is -2.35. The molecule has 1 saturated heterocycles. The maximum Gasteiger partial charge on any atom is 0.257 e. The molecule has 3 rings (SSSR count). The van der Waals surface area contributed by atoms with Crippen molar-refractivity contribution in [1.82, 2.24) is 29.6 Å². The molecule has 1 unspecified atom stereocenters. The molecular formula is C13H20N8. The molecule has 0 saturated carbocycles. The number of aromatic nitrogens is 5. The SMILES string of the molecule is CC(CNc1nc(N)nc(-n2cccn2)n1)N1CCCC1. The summed E-state index contributed by atoms with van der Waals surface area (Å²) in [5, 5.41) is 7.34. The van der Waals surface area contributed by atoms with Crippen molar-refractivity contribution in [3.05, 3.63) is 18.5 Å². The van der Waals surface area contributed by atoms with Gasteiger partial charge in [-0.3, -0.25) is 4.90 Å². The second kappa shape index (κ2) is 6.04. The molecule has 0 aliphatic carbocycles. The summed E-state index contributed by atoms with van der Waals surface area (Å²) in [5.41, 5.74) is 5.74. The van der Waals surface area contributed by atoms with Gasteiger partial charge < -0.3 is 11.1 Å². The van der Waals surface area contributed by atoms with Crippen molar-refractivity contribution >= 4 is 11.9 Å². The van der Waals surface area contributed by atoms with Crippen LogP contribution in [0.5, 0.6) is 0 Å². The Morgan fingerprint density at radius 2 is 2.10 bits per heavy atom. The fourth-order valence-corrected chi connectivity index (χ4v) is 2.50. The van der Waals surface area contributed by atoms with Gasteiger partial charge in [0.25, 0.3) is 5.95 Å². The normalized spacial score (nSPS) is 17.0. The van der Waals surface area contributed by atoms with Crippen LogP contribution < -0.4 is 11.1 Å². The Labute approximate surface area is 123 Å². The number of nitrogens with zero attached hydrogens (tertiary/aromatic N) is 6. The summed E-state index contributed by atoms with van der Waals surface area (Å²) in [7, 11) is 0. The van der Waals surface area contributed by atoms with Gasteiger partial charge in [0.05, 0.1) is 0 Å². The molecule has 0 amide bonds. The topological polar surface area (TPSA) is 97.8 Å². The van der Waals surface area contributed by atoms with Crippen molar-refractivity contribution < 1.29 is 0 Å². The van der Waals surface area contributed by atoms with Gasteiger partial charge in [0.15, 0.2) is 0 Å². The van der Waals surface area contributed by atoms with Gasteiger partial charge >= 0.3 is 0 Å². The minimum absolute atomic E-state index is 0.187. The summed E-state index contributed by atoms with van der Waals surface area (Å²) in [5.74, 6) is 1.09. The summed E-state index contributed by atoms with van der Waals surface area (Å²) < 4.78 is 1.56. The molecule has 0 bridgehead atoms. The van der Waals surface area contributed by atoms with E-state index in [4.69, 9.17) is 5.73 Å². The average Bonchev–Trinajstić information content (AvgIpc) is 3.16. The number of nitrogen functional groups attached to an aromatic ring is 1. The number of anilines is 2. The molecule has 8 nitrogen and oxygen atoms in total. The van der Waals surface area contributed by atoms with Crippen LogP contribution in [0.1, 0.15) is 19.8 Å². The Morgan fingerprint density at radius 1 is 1.29 bits per heavy atom. The van der Waals surface area contributed by atoms with Gasteiger partial charge in [-0.15, -0.1) is 0 Å². The summed E-state index contributed by atoms with van der Waals surface area (Å²) >= 11 is 0. The third-order valence-electron chi connectivity index (χ3n) is 3.67. The maximum atomic E-state index is 5.74. The molecule has 21 heavy (non-hydrogen) atoms. The van der Waals surface area contributed by atoms with Gasteiger partial charge in [-0.25, -0.2) is 4.68 Å². The first-order valence-electron chi connectivity index (χ1n) is 7.22. The number of nitrogens with one attached hydrogen (secondary N) is 1. The molecule has 0 aromatic carbocycles. The standard InChI is InChI=1S/C13H20N8/c1-10(20-6-2-3-7-20)9-15-12-17-11(14)18-13(19-12)21-8-4-5-16-21/h4-5,8,10H,2-3,6-7,9H2,1H3,(H3,14,15,17,18,19). The van der Waals surface area contributed by atoms with E-state index in [1.54, 1.807) is 17.1 Å². The number of likely N-dealkylation sites (tertiary alicyclic amines) is 1. The smallest absolute Gasteiger partial charge is 0.257 e. The lowest BCUT2D eigenvalue weighted by molar-refractivity contribution is 0.269. The highest BCUT2D eigenvalue weighted by Gasteiger charge is 2.18. The van der Waals surface area contributed by atoms with Gasteiger partial charge in [0.1, 0.15) is 0 Å². The second-order valence-electron chi connectivity index (χ2n) is 5.24. The van der Waals surface area contributed by atoms with E-state index in [2.05, 4.69) is 37.2 Å². The first-order valence-corrected chi connectivity index (χ1v) is 7.22. The Bertz CT molecular complexity index is 576. The fraction of sp³-hybridized carbons (Fsp3) is 0.538. The van der Waals surface area contributed by atoms with Gasteiger partial charge in [-0.1, -0.05) is 0 Å². The zero-order chi connectivity index (χ0) is 14.7. The van der Waals surface area contributed by atoms with E-state index in [0.29, 0.717) is 17.9 Å². The van der Waals surface area contributed by atoms with E-state index in [9.17, 15) is 0 Å². The number of rotatable bonds is 5. The van der Waals surface area contributed by atoms with Crippen molar-refractivity contribution in [3.8, 4) is 5.95 Å². The van der Waals surface area contributed by atoms with E-state index in [1.165, 1.54) is 25.9 Å². The molecular weight excluding hydrogens is 268 g/mol. The van der Waals surface area contributed by atoms with Crippen molar-refractivity contribution in [1.29, 1.82) is 0 Å². The van der Waals surface area contributed by atoms with Crippen LogP contribution in [0.25, 0.3) is 5.95 Å². The van der Waals surface area contributed by atoms with Gasteiger partial charge in [0, 0.05) is 25.0 Å². The van der Waals surface area contributed by atoms with Crippen LogP contribution in [0, 0.1) is 0 Å². The highest BCUT2D eigenvalue weighted by Crippen LogP contribution is 2.12. The third kappa shape index (κ3) is 3.27. The van der Waals surface area contributed by atoms with Crippen LogP contribution in [-0.2, 0) is 0 Å². The minimum atomic E-state index is 0.187. The molecule has 3 N–H and O–H groups in total. The average molecular weight is 288 g/mol. The monoisotopic (exact) mass is 288 g/mol. The number of hydrogen-bond acceptors (Lipinski definition) is 7. The summed E-state index contributed by atoms with van der Waals surface area (Å²) in [4.78, 5) is 15.0. The van der Waals surface area contributed by atoms with E-state index in [0.717, 1.165) is 6.54 Å². The molecule has 112 valence electrons. The van der Waals surface area contributed by atoms with E-state index < -0.39 is 0 Å². The van der Waals surface area contributed by atoms with Crippen molar-refractivity contribution in [2.75, 3.05) is 30.7 Å². The molecule has 0 spiro atoms. The van der Waals surface area contributed by atoms with E-state index in [1.807, 2.05) is 6.07 Å². The molecule has 0 radical (unpaired) electrons. The molecule has 8 heteroatoms. The third-order valence-corrected chi connectivity index (χ3v) is 3.67. The Balaban J connectivity index is 1.67. The molecule has 1 atom stereocenters. The maximum absolute atomic E-state index is 5.74. The Morgan fingerprint density at radius 3 is 2.81 bits per heavy atom. The zero-order valence-corrected chi connectivity index (χ0v) is 12.1. The molecule has 2 aromatic heterocycles. The quantitative estimate of drug-likeness (QED) is 0.828. The van der Waals surface area contributed by atoms with Crippen LogP contribution >= 0.6 is 0 Å². The van der Waals surface area contributed by atoms with Crippen molar-refractivity contribution in [2.45, 2.75) is 25.8 Å². The van der Waals surface area contributed by atoms with Crippen LogP contribution in [0.2, 0.25) is 0 Å². The number of nitrogens with two attached hydrogens (primary N) is 1. The first-order chi connectivity index (χ1) is 10.2. The van der Waals surface area contributed by atoms with Crippen LogP contribution in [0.15, 0.2) is 18.5 Å². The lowest BCUT2D eigenvalue weighted by Gasteiger charge is -2.23. The highest BCUT2D eigenvalue weighted by atomic mass is 15.4. The van der Waals surface area contributed by atoms with Crippen LogP contribution in [0.3, 0.4) is 0 Å². The van der Waals surface area contributed by atoms with E-state index >= 15 is 0 Å². The summed E-state index contributed by atoms with van der Waals surface area (Å²) in [6, 6.07) is 2.25. The van der Waals surface area contributed by atoms with Crippen molar-refractivity contribution in [3.63, 3.8) is 0 Å². The minimum Gasteiger partial charge on any atom is -0.368 e. The van der Waals surface area contributed by atoms with Crippen LogP contribution in [0.4, 0.5) is 11.9 Å². The summed E-state index contributed by atoms with van der Waals surface area (Å²) in [6.45, 7) is 5.32. The van der Waals surface area contributed by atoms with Gasteiger partial charge in [0.2, 0.25) is 11.9 Å². The summed E-state index contributed by atoms with van der Waals surface area (Å²) in [6.07, 6.45) is 6.01. The predicted octanol–water partition coefficient (Wildman–Crippen LogP) is 0.536. The van der Waals surface area contributed by atoms with Crippen molar-refractivity contribution in [2.24, 2.45) is 0 Å². The fourth-order valence-electron chi connectivity index (χ4n) is 2.50. The number of hydrogen-bond donors (Lipinski definition) is 2. The van der Waals surface area contributed by atoms with Crippen LogP contribution in [-0.4, -0.2) is 55.3 Å².